The second-order valence-corrected chi connectivity index (χ2v) is 6.31. The molecule has 0 bridgehead atoms. The van der Waals surface area contributed by atoms with Crippen LogP contribution in [0.4, 0.5) is 5.69 Å². The van der Waals surface area contributed by atoms with Gasteiger partial charge in [0.2, 0.25) is 15.9 Å². The number of hydrogen-bond donors (Lipinski definition) is 1. The average Bonchev–Trinajstić information content (AvgIpc) is 2.48. The van der Waals surface area contributed by atoms with Crippen molar-refractivity contribution in [1.29, 1.82) is 0 Å². The molecule has 7 nitrogen and oxygen atoms in total. The van der Waals surface area contributed by atoms with Crippen LogP contribution in [0, 0.1) is 0 Å². The van der Waals surface area contributed by atoms with Gasteiger partial charge in [-0.15, -0.1) is 6.58 Å². The zero-order valence-corrected chi connectivity index (χ0v) is 13.6. The molecule has 0 spiro atoms. The molecule has 0 radical (unpaired) electrons. The van der Waals surface area contributed by atoms with Gasteiger partial charge in [0.25, 0.3) is 0 Å². The summed E-state index contributed by atoms with van der Waals surface area (Å²) >= 11 is 0. The first-order valence-electron chi connectivity index (χ1n) is 6.40. The minimum atomic E-state index is -3.66. The van der Waals surface area contributed by atoms with Gasteiger partial charge in [0.15, 0.2) is 0 Å². The maximum Gasteiger partial charge on any atom is 0.241 e. The van der Waals surface area contributed by atoms with Crippen molar-refractivity contribution in [1.82, 2.24) is 5.32 Å². The number of amides is 1. The fraction of sp³-hybridized carbons (Fsp3) is 0.357. The summed E-state index contributed by atoms with van der Waals surface area (Å²) in [4.78, 5) is 11.8. The number of hydrogen-bond acceptors (Lipinski definition) is 5. The third kappa shape index (κ3) is 4.66. The number of benzene rings is 1. The Morgan fingerprint density at radius 2 is 2.05 bits per heavy atom. The first-order valence-corrected chi connectivity index (χ1v) is 8.25. The van der Waals surface area contributed by atoms with E-state index in [4.69, 9.17) is 9.47 Å². The standard InChI is InChI=1S/C14H20N2O5S/c1-5-8-15-14(17)10-16(22(4,18)19)12-7-6-11(20-2)9-13(12)21-3/h5-7,9H,1,8,10H2,2-4H3,(H,15,17). The van der Waals surface area contributed by atoms with Crippen LogP contribution in [0.3, 0.4) is 0 Å². The summed E-state index contributed by atoms with van der Waals surface area (Å²) in [5, 5.41) is 2.54. The van der Waals surface area contributed by atoms with E-state index >= 15 is 0 Å². The molecule has 0 saturated carbocycles. The van der Waals surface area contributed by atoms with Crippen molar-refractivity contribution < 1.29 is 22.7 Å². The predicted molar refractivity (Wildman–Crippen MR) is 84.9 cm³/mol. The molecular formula is C14H20N2O5S. The lowest BCUT2D eigenvalue weighted by atomic mass is 10.2. The summed E-state index contributed by atoms with van der Waals surface area (Å²) in [7, 11) is -0.760. The number of methoxy groups -OCH3 is 2. The van der Waals surface area contributed by atoms with Crippen LogP contribution in [-0.2, 0) is 14.8 Å². The molecule has 0 aliphatic heterocycles. The van der Waals surface area contributed by atoms with Crippen LogP contribution in [0.25, 0.3) is 0 Å². The van der Waals surface area contributed by atoms with Gasteiger partial charge in [0.1, 0.15) is 18.0 Å². The largest absolute Gasteiger partial charge is 0.497 e. The molecule has 1 aromatic carbocycles. The molecule has 0 aromatic heterocycles. The highest BCUT2D eigenvalue weighted by Crippen LogP contribution is 2.33. The van der Waals surface area contributed by atoms with Crippen LogP contribution in [0.5, 0.6) is 11.5 Å². The lowest BCUT2D eigenvalue weighted by molar-refractivity contribution is -0.119. The Labute approximate surface area is 130 Å². The molecule has 8 heteroatoms. The van der Waals surface area contributed by atoms with Crippen LogP contribution in [-0.4, -0.2) is 47.9 Å². The van der Waals surface area contributed by atoms with Crippen LogP contribution in [0.1, 0.15) is 0 Å². The number of ether oxygens (including phenoxy) is 2. The van der Waals surface area contributed by atoms with Gasteiger partial charge in [-0.1, -0.05) is 6.08 Å². The van der Waals surface area contributed by atoms with E-state index in [2.05, 4.69) is 11.9 Å². The van der Waals surface area contributed by atoms with Crippen molar-refractivity contribution >= 4 is 21.6 Å². The molecule has 0 fully saturated rings. The molecule has 1 rings (SSSR count). The number of rotatable bonds is 8. The Hall–Kier alpha value is -2.22. The lowest BCUT2D eigenvalue weighted by Crippen LogP contribution is -2.40. The Bertz CT molecular complexity index is 643. The molecule has 1 amide bonds. The third-order valence-electron chi connectivity index (χ3n) is 2.79. The number of nitrogens with one attached hydrogen (secondary N) is 1. The fourth-order valence-electron chi connectivity index (χ4n) is 1.74. The van der Waals surface area contributed by atoms with Gasteiger partial charge in [0.05, 0.1) is 26.2 Å². The summed E-state index contributed by atoms with van der Waals surface area (Å²) in [6.45, 7) is 3.39. The molecule has 22 heavy (non-hydrogen) atoms. The highest BCUT2D eigenvalue weighted by Gasteiger charge is 2.24. The van der Waals surface area contributed by atoms with E-state index in [0.29, 0.717) is 11.5 Å². The zero-order valence-electron chi connectivity index (χ0n) is 12.8. The highest BCUT2D eigenvalue weighted by molar-refractivity contribution is 7.92. The summed E-state index contributed by atoms with van der Waals surface area (Å²) < 4.78 is 35.2. The van der Waals surface area contributed by atoms with Crippen molar-refractivity contribution in [2.75, 3.05) is 37.9 Å². The minimum Gasteiger partial charge on any atom is -0.497 e. The number of nitrogens with zero attached hydrogens (tertiary/aromatic N) is 1. The highest BCUT2D eigenvalue weighted by atomic mass is 32.2. The van der Waals surface area contributed by atoms with E-state index in [1.165, 1.54) is 26.4 Å². The second-order valence-electron chi connectivity index (χ2n) is 4.40. The smallest absolute Gasteiger partial charge is 0.241 e. The molecule has 122 valence electrons. The maximum absolute atomic E-state index is 12.0. The average molecular weight is 328 g/mol. The summed E-state index contributed by atoms with van der Waals surface area (Å²) in [6.07, 6.45) is 2.54. The normalized spacial score (nSPS) is 10.7. The Morgan fingerprint density at radius 1 is 1.36 bits per heavy atom. The van der Waals surface area contributed by atoms with Gasteiger partial charge in [-0.05, 0) is 12.1 Å². The van der Waals surface area contributed by atoms with E-state index in [9.17, 15) is 13.2 Å². The van der Waals surface area contributed by atoms with Gasteiger partial charge in [-0.25, -0.2) is 8.42 Å². The number of sulfonamides is 1. The van der Waals surface area contributed by atoms with Gasteiger partial charge in [0, 0.05) is 12.6 Å². The van der Waals surface area contributed by atoms with Crippen LogP contribution in [0.2, 0.25) is 0 Å². The Kier molecular flexibility index (Phi) is 6.24. The van der Waals surface area contributed by atoms with Crippen molar-refractivity contribution in [2.45, 2.75) is 0 Å². The van der Waals surface area contributed by atoms with Crippen molar-refractivity contribution in [2.24, 2.45) is 0 Å². The van der Waals surface area contributed by atoms with E-state index in [-0.39, 0.29) is 18.8 Å². The monoisotopic (exact) mass is 328 g/mol. The van der Waals surface area contributed by atoms with Crippen molar-refractivity contribution in [3.63, 3.8) is 0 Å². The molecule has 0 aliphatic carbocycles. The summed E-state index contributed by atoms with van der Waals surface area (Å²) in [6, 6.07) is 4.67. The quantitative estimate of drug-likeness (QED) is 0.713. The molecule has 0 unspecified atom stereocenters. The molecule has 0 aliphatic rings. The first-order chi connectivity index (χ1) is 10.3. The van der Waals surface area contributed by atoms with E-state index in [1.807, 2.05) is 0 Å². The lowest BCUT2D eigenvalue weighted by Gasteiger charge is -2.24. The van der Waals surface area contributed by atoms with Gasteiger partial charge in [-0.3, -0.25) is 9.10 Å². The van der Waals surface area contributed by atoms with Crippen molar-refractivity contribution in [3.8, 4) is 11.5 Å². The topological polar surface area (TPSA) is 84.9 Å². The number of carbonyl (C=O) groups excluding carboxylic acids is 1. The van der Waals surface area contributed by atoms with Gasteiger partial charge < -0.3 is 14.8 Å². The Balaban J connectivity index is 3.18. The summed E-state index contributed by atoms with van der Waals surface area (Å²) in [5.74, 6) is 0.370. The molecule has 0 saturated heterocycles. The Morgan fingerprint density at radius 3 is 2.55 bits per heavy atom. The van der Waals surface area contributed by atoms with Crippen LogP contribution < -0.4 is 19.1 Å². The molecule has 0 atom stereocenters. The molecular weight excluding hydrogens is 308 g/mol. The predicted octanol–water partition coefficient (Wildman–Crippen LogP) is 0.772. The van der Waals surface area contributed by atoms with Crippen LogP contribution >= 0.6 is 0 Å². The summed E-state index contributed by atoms with van der Waals surface area (Å²) in [5.41, 5.74) is 0.263. The number of carbonyl (C=O) groups is 1. The third-order valence-corrected chi connectivity index (χ3v) is 3.91. The minimum absolute atomic E-state index is 0.260. The fourth-order valence-corrected chi connectivity index (χ4v) is 2.60. The SMILES string of the molecule is C=CCNC(=O)CN(c1ccc(OC)cc1OC)S(C)(=O)=O. The molecule has 0 heterocycles. The maximum atomic E-state index is 12.0. The molecule has 1 aromatic rings. The van der Waals surface area contributed by atoms with Crippen molar-refractivity contribution in [3.05, 3.63) is 30.9 Å². The zero-order chi connectivity index (χ0) is 16.8. The van der Waals surface area contributed by atoms with E-state index < -0.39 is 15.9 Å². The molecule has 1 N–H and O–H groups in total. The van der Waals surface area contributed by atoms with Gasteiger partial charge >= 0.3 is 0 Å². The second kappa shape index (κ2) is 7.69. The number of anilines is 1. The van der Waals surface area contributed by atoms with E-state index in [1.54, 1.807) is 12.1 Å². The van der Waals surface area contributed by atoms with Crippen LogP contribution in [0.15, 0.2) is 30.9 Å². The van der Waals surface area contributed by atoms with E-state index in [0.717, 1.165) is 10.6 Å². The first kappa shape index (κ1) is 17.8. The van der Waals surface area contributed by atoms with Gasteiger partial charge in [-0.2, -0.15) is 0 Å².